The molecule has 1 aliphatic heterocycles. The van der Waals surface area contributed by atoms with Crippen LogP contribution in [0.2, 0.25) is 0 Å². The predicted octanol–water partition coefficient (Wildman–Crippen LogP) is 2.09. The highest BCUT2D eigenvalue weighted by Gasteiger charge is 2.22. The number of amides is 1. The van der Waals surface area contributed by atoms with E-state index in [-0.39, 0.29) is 11.5 Å². The van der Waals surface area contributed by atoms with Gasteiger partial charge in [0.2, 0.25) is 5.91 Å². The van der Waals surface area contributed by atoms with Gasteiger partial charge in [0.05, 0.1) is 6.33 Å². The van der Waals surface area contributed by atoms with Crippen molar-refractivity contribution in [2.45, 2.75) is 45.1 Å². The molecule has 8 heteroatoms. The van der Waals surface area contributed by atoms with Gasteiger partial charge in [-0.1, -0.05) is 30.3 Å². The van der Waals surface area contributed by atoms with Crippen LogP contribution in [0, 0.1) is 5.92 Å². The number of aromatic nitrogens is 4. The Morgan fingerprint density at radius 2 is 1.78 bits per heavy atom. The molecule has 0 bridgehead atoms. The average molecular weight is 438 g/mol. The molecule has 1 aromatic carbocycles. The number of imidazole rings is 1. The fraction of sp³-hybridized carbons (Fsp3) is 0.500. The van der Waals surface area contributed by atoms with Crippen molar-refractivity contribution in [2.75, 3.05) is 13.1 Å². The molecule has 2 aromatic heterocycles. The van der Waals surface area contributed by atoms with E-state index in [1.807, 2.05) is 11.0 Å². The molecule has 8 nitrogen and oxygen atoms in total. The van der Waals surface area contributed by atoms with E-state index in [1.54, 1.807) is 17.9 Å². The van der Waals surface area contributed by atoms with Gasteiger partial charge in [0.1, 0.15) is 0 Å². The Balaban J connectivity index is 1.26. The molecule has 1 amide bonds. The van der Waals surface area contributed by atoms with Crippen molar-refractivity contribution < 1.29 is 4.79 Å². The number of likely N-dealkylation sites (tertiary alicyclic amines) is 1. The largest absolute Gasteiger partial charge is 0.343 e. The van der Waals surface area contributed by atoms with Crippen LogP contribution in [0.3, 0.4) is 0 Å². The van der Waals surface area contributed by atoms with Crippen LogP contribution in [0.5, 0.6) is 0 Å². The van der Waals surface area contributed by atoms with Gasteiger partial charge in [-0.25, -0.2) is 9.78 Å². The maximum absolute atomic E-state index is 12.7. The van der Waals surface area contributed by atoms with Gasteiger partial charge in [0.15, 0.2) is 11.2 Å². The number of hydrogen-bond acceptors (Lipinski definition) is 4. The number of aryl methyl sites for hydroxylation is 3. The summed E-state index contributed by atoms with van der Waals surface area (Å²) in [4.78, 5) is 43.5. The molecule has 0 aliphatic carbocycles. The summed E-state index contributed by atoms with van der Waals surface area (Å²) in [5.74, 6) is 0.857. The van der Waals surface area contributed by atoms with Crippen LogP contribution in [0.15, 0.2) is 46.2 Å². The van der Waals surface area contributed by atoms with Gasteiger partial charge in [-0.05, 0) is 43.6 Å². The molecule has 0 spiro atoms. The van der Waals surface area contributed by atoms with Gasteiger partial charge in [0.25, 0.3) is 5.56 Å². The van der Waals surface area contributed by atoms with Gasteiger partial charge < -0.3 is 9.47 Å². The minimum Gasteiger partial charge on any atom is -0.343 e. The minimum atomic E-state index is -0.393. The van der Waals surface area contributed by atoms with Gasteiger partial charge in [-0.3, -0.25) is 18.7 Å². The molecule has 0 N–H and O–H groups in total. The Hall–Kier alpha value is -3.16. The molecule has 4 rings (SSSR count). The first kappa shape index (κ1) is 22.0. The van der Waals surface area contributed by atoms with Crippen LogP contribution in [0.4, 0.5) is 0 Å². The zero-order chi connectivity index (χ0) is 22.7. The number of fused-ring (bicyclic) bond motifs is 1. The maximum atomic E-state index is 12.7. The van der Waals surface area contributed by atoms with Crippen molar-refractivity contribution in [3.05, 3.63) is 63.1 Å². The molecule has 3 heterocycles. The van der Waals surface area contributed by atoms with Crippen LogP contribution in [-0.4, -0.2) is 42.6 Å². The summed E-state index contributed by atoms with van der Waals surface area (Å²) in [5.41, 5.74) is 1.41. The maximum Gasteiger partial charge on any atom is 0.332 e. The first-order valence-electron chi connectivity index (χ1n) is 11.4. The Kier molecular flexibility index (Phi) is 6.58. The molecule has 0 atom stereocenters. The zero-order valence-corrected chi connectivity index (χ0v) is 18.9. The highest BCUT2D eigenvalue weighted by molar-refractivity contribution is 5.76. The SMILES string of the molecule is Cn1c(=O)c2c(ncn2CCCC(=O)N2CCC(CCc3ccccc3)CC2)n(C)c1=O. The summed E-state index contributed by atoms with van der Waals surface area (Å²) in [6.45, 7) is 2.17. The van der Waals surface area contributed by atoms with Gasteiger partial charge >= 0.3 is 5.69 Å². The number of carbonyl (C=O) groups is 1. The van der Waals surface area contributed by atoms with Gasteiger partial charge in [-0.2, -0.15) is 0 Å². The van der Waals surface area contributed by atoms with Crippen LogP contribution in [0.1, 0.15) is 37.7 Å². The molecule has 1 aliphatic rings. The second-order valence-electron chi connectivity index (χ2n) is 8.77. The standard InChI is InChI=1S/C24H31N5O3/c1-26-22-21(23(31)27(2)24(26)32)29(17-25-22)14-6-9-20(30)28-15-12-19(13-16-28)11-10-18-7-4-3-5-8-18/h3-5,7-8,17,19H,6,9-16H2,1-2H3. The Morgan fingerprint density at radius 3 is 2.50 bits per heavy atom. The zero-order valence-electron chi connectivity index (χ0n) is 18.9. The van der Waals surface area contributed by atoms with Crippen molar-refractivity contribution in [3.8, 4) is 0 Å². The van der Waals surface area contributed by atoms with Crippen molar-refractivity contribution in [3.63, 3.8) is 0 Å². The first-order valence-corrected chi connectivity index (χ1v) is 11.4. The molecule has 170 valence electrons. The third-order valence-corrected chi connectivity index (χ3v) is 6.66. The van der Waals surface area contributed by atoms with E-state index in [1.165, 1.54) is 23.6 Å². The third kappa shape index (κ3) is 4.54. The second kappa shape index (κ2) is 9.54. The van der Waals surface area contributed by atoms with E-state index in [0.29, 0.717) is 36.5 Å². The van der Waals surface area contributed by atoms with E-state index in [0.717, 1.165) is 36.9 Å². The first-order chi connectivity index (χ1) is 15.5. The predicted molar refractivity (Wildman–Crippen MR) is 124 cm³/mol. The summed E-state index contributed by atoms with van der Waals surface area (Å²) in [6, 6.07) is 10.6. The molecule has 1 fully saturated rings. The lowest BCUT2D eigenvalue weighted by molar-refractivity contribution is -0.132. The number of benzene rings is 1. The van der Waals surface area contributed by atoms with Crippen LogP contribution < -0.4 is 11.2 Å². The highest BCUT2D eigenvalue weighted by Crippen LogP contribution is 2.23. The van der Waals surface area contributed by atoms with E-state index < -0.39 is 5.69 Å². The van der Waals surface area contributed by atoms with E-state index in [2.05, 4.69) is 29.2 Å². The normalized spacial score (nSPS) is 14.9. The number of rotatable bonds is 7. The molecule has 0 saturated carbocycles. The summed E-state index contributed by atoms with van der Waals surface area (Å²) in [5, 5.41) is 0. The van der Waals surface area contributed by atoms with Crippen LogP contribution in [-0.2, 0) is 31.9 Å². The fourth-order valence-electron chi connectivity index (χ4n) is 4.61. The Labute approximate surface area is 187 Å². The molecule has 0 radical (unpaired) electrons. The summed E-state index contributed by atoms with van der Waals surface area (Å²) < 4.78 is 4.22. The van der Waals surface area contributed by atoms with Crippen LogP contribution >= 0.6 is 0 Å². The quantitative estimate of drug-likeness (QED) is 0.567. The molecular formula is C24H31N5O3. The number of hydrogen-bond donors (Lipinski definition) is 0. The van der Waals surface area contributed by atoms with Gasteiger partial charge in [0, 0.05) is 40.2 Å². The van der Waals surface area contributed by atoms with E-state index in [9.17, 15) is 14.4 Å². The number of piperidine rings is 1. The van der Waals surface area contributed by atoms with E-state index in [4.69, 9.17) is 0 Å². The third-order valence-electron chi connectivity index (χ3n) is 6.66. The monoisotopic (exact) mass is 437 g/mol. The smallest absolute Gasteiger partial charge is 0.332 e. The number of carbonyl (C=O) groups excluding carboxylic acids is 1. The topological polar surface area (TPSA) is 82.1 Å². The average Bonchev–Trinajstić information content (AvgIpc) is 3.25. The lowest BCUT2D eigenvalue weighted by Crippen LogP contribution is -2.38. The molecule has 32 heavy (non-hydrogen) atoms. The molecule has 1 saturated heterocycles. The summed E-state index contributed by atoms with van der Waals surface area (Å²) in [7, 11) is 3.07. The van der Waals surface area contributed by atoms with Gasteiger partial charge in [-0.15, -0.1) is 0 Å². The molecule has 3 aromatic rings. The second-order valence-corrected chi connectivity index (χ2v) is 8.77. The summed E-state index contributed by atoms with van der Waals surface area (Å²) >= 11 is 0. The fourth-order valence-corrected chi connectivity index (χ4v) is 4.61. The van der Waals surface area contributed by atoms with Crippen molar-refractivity contribution in [1.29, 1.82) is 0 Å². The lowest BCUT2D eigenvalue weighted by Gasteiger charge is -2.32. The minimum absolute atomic E-state index is 0.177. The molecule has 0 unspecified atom stereocenters. The molecular weight excluding hydrogens is 406 g/mol. The van der Waals surface area contributed by atoms with Crippen molar-refractivity contribution in [2.24, 2.45) is 20.0 Å². The van der Waals surface area contributed by atoms with Crippen LogP contribution in [0.25, 0.3) is 11.2 Å². The van der Waals surface area contributed by atoms with Crippen molar-refractivity contribution in [1.82, 2.24) is 23.6 Å². The number of nitrogens with zero attached hydrogens (tertiary/aromatic N) is 5. The van der Waals surface area contributed by atoms with Crippen molar-refractivity contribution >= 4 is 17.1 Å². The Morgan fingerprint density at radius 1 is 1.06 bits per heavy atom. The lowest BCUT2D eigenvalue weighted by atomic mass is 9.90. The summed E-state index contributed by atoms with van der Waals surface area (Å²) in [6.07, 6.45) is 7.06. The highest BCUT2D eigenvalue weighted by atomic mass is 16.2. The Bertz CT molecular complexity index is 1200. The van der Waals surface area contributed by atoms with E-state index >= 15 is 0 Å².